The van der Waals surface area contributed by atoms with Crippen molar-refractivity contribution >= 4 is 23.3 Å². The number of carbonyl (C=O) groups excluding carboxylic acids is 2. The zero-order valence-corrected chi connectivity index (χ0v) is 11.8. The first-order chi connectivity index (χ1) is 11.0. The molecule has 0 saturated carbocycles. The van der Waals surface area contributed by atoms with Crippen molar-refractivity contribution in [3.63, 3.8) is 0 Å². The summed E-state index contributed by atoms with van der Waals surface area (Å²) < 4.78 is 31.8. The highest BCUT2D eigenvalue weighted by Gasteiger charge is 2.28. The van der Waals surface area contributed by atoms with Gasteiger partial charge in [0.2, 0.25) is 5.91 Å². The summed E-state index contributed by atoms with van der Waals surface area (Å²) in [4.78, 5) is 29.1. The second-order valence-electron chi connectivity index (χ2n) is 4.77. The van der Waals surface area contributed by atoms with Crippen LogP contribution in [0.4, 0.5) is 20.3 Å². The predicted octanol–water partition coefficient (Wildman–Crippen LogP) is 1.72. The average molecular weight is 319 g/mol. The van der Waals surface area contributed by atoms with Gasteiger partial charge in [-0.15, -0.1) is 0 Å². The van der Waals surface area contributed by atoms with Crippen LogP contribution in [0.2, 0.25) is 0 Å². The van der Waals surface area contributed by atoms with Crippen molar-refractivity contribution in [1.82, 2.24) is 4.98 Å². The third kappa shape index (κ3) is 3.10. The molecule has 3 rings (SSSR count). The first-order valence-corrected chi connectivity index (χ1v) is 6.67. The van der Waals surface area contributed by atoms with Crippen LogP contribution in [0.5, 0.6) is 5.75 Å². The maximum absolute atomic E-state index is 13.5. The van der Waals surface area contributed by atoms with Gasteiger partial charge in [0.25, 0.3) is 5.91 Å². The zero-order valence-electron chi connectivity index (χ0n) is 11.8. The van der Waals surface area contributed by atoms with Crippen molar-refractivity contribution in [2.45, 2.75) is 0 Å². The largest absolute Gasteiger partial charge is 0.480 e. The van der Waals surface area contributed by atoms with Gasteiger partial charge in [-0.1, -0.05) is 0 Å². The summed E-state index contributed by atoms with van der Waals surface area (Å²) in [6, 6.07) is 5.96. The molecule has 0 unspecified atom stereocenters. The second kappa shape index (κ2) is 5.99. The van der Waals surface area contributed by atoms with Crippen molar-refractivity contribution < 1.29 is 23.1 Å². The number of benzene rings is 1. The quantitative estimate of drug-likeness (QED) is 0.935. The Hall–Kier alpha value is -3.03. The lowest BCUT2D eigenvalue weighted by atomic mass is 10.3. The van der Waals surface area contributed by atoms with E-state index in [0.29, 0.717) is 5.75 Å². The Morgan fingerprint density at radius 1 is 1.35 bits per heavy atom. The van der Waals surface area contributed by atoms with Crippen LogP contribution >= 0.6 is 0 Å². The molecule has 0 saturated heterocycles. The van der Waals surface area contributed by atoms with Gasteiger partial charge in [0.05, 0.1) is 5.69 Å². The van der Waals surface area contributed by atoms with Crippen LogP contribution in [-0.4, -0.2) is 29.9 Å². The Balaban J connectivity index is 1.78. The molecule has 1 aromatic carbocycles. The standard InChI is InChI=1S/C15H11F2N3O3/c16-9-3-4-10(17)11(6-9)19-13(21)7-20-14(22)8-23-12-2-1-5-18-15(12)20/h1-6H,7-8H2,(H,19,21). The Bertz CT molecular complexity index is 782. The van der Waals surface area contributed by atoms with Crippen LogP contribution < -0.4 is 15.0 Å². The molecule has 6 nitrogen and oxygen atoms in total. The number of carbonyl (C=O) groups is 2. The number of fused-ring (bicyclic) bond motifs is 1. The SMILES string of the molecule is O=C(CN1C(=O)COc2cccnc21)Nc1cc(F)ccc1F. The molecule has 1 aromatic heterocycles. The minimum Gasteiger partial charge on any atom is -0.480 e. The molecular weight excluding hydrogens is 308 g/mol. The van der Waals surface area contributed by atoms with E-state index in [0.717, 1.165) is 23.1 Å². The van der Waals surface area contributed by atoms with Gasteiger partial charge in [-0.2, -0.15) is 0 Å². The Labute approximate surface area is 129 Å². The molecule has 2 aromatic rings. The summed E-state index contributed by atoms with van der Waals surface area (Å²) in [5.41, 5.74) is -0.294. The number of amides is 2. The minimum atomic E-state index is -0.772. The third-order valence-corrected chi connectivity index (χ3v) is 3.16. The Morgan fingerprint density at radius 2 is 2.17 bits per heavy atom. The summed E-state index contributed by atoms with van der Waals surface area (Å²) >= 11 is 0. The molecule has 118 valence electrons. The lowest BCUT2D eigenvalue weighted by molar-refractivity contribution is -0.123. The molecule has 0 fully saturated rings. The van der Waals surface area contributed by atoms with E-state index in [4.69, 9.17) is 4.74 Å². The van der Waals surface area contributed by atoms with Crippen molar-refractivity contribution in [2.75, 3.05) is 23.4 Å². The van der Waals surface area contributed by atoms with Crippen molar-refractivity contribution in [1.29, 1.82) is 0 Å². The summed E-state index contributed by atoms with van der Waals surface area (Å²) in [7, 11) is 0. The number of nitrogens with one attached hydrogen (secondary N) is 1. The van der Waals surface area contributed by atoms with Crippen LogP contribution in [0.25, 0.3) is 0 Å². The van der Waals surface area contributed by atoms with Crippen molar-refractivity contribution in [3.8, 4) is 5.75 Å². The highest BCUT2D eigenvalue weighted by molar-refractivity contribution is 6.04. The molecule has 1 aliphatic heterocycles. The molecule has 2 amide bonds. The first-order valence-electron chi connectivity index (χ1n) is 6.67. The van der Waals surface area contributed by atoms with E-state index < -0.39 is 23.4 Å². The summed E-state index contributed by atoms with van der Waals surface area (Å²) in [5.74, 6) is -2.01. The summed E-state index contributed by atoms with van der Waals surface area (Å²) in [5, 5.41) is 2.23. The van der Waals surface area contributed by atoms with Gasteiger partial charge in [-0.05, 0) is 24.3 Å². The fourth-order valence-corrected chi connectivity index (χ4v) is 2.12. The van der Waals surface area contributed by atoms with Crippen LogP contribution in [0, 0.1) is 11.6 Å². The predicted molar refractivity (Wildman–Crippen MR) is 77.1 cm³/mol. The normalized spacial score (nSPS) is 13.3. The van der Waals surface area contributed by atoms with Crippen LogP contribution in [-0.2, 0) is 9.59 Å². The number of halogens is 2. The van der Waals surface area contributed by atoms with Gasteiger partial charge in [-0.25, -0.2) is 13.8 Å². The molecule has 0 spiro atoms. The van der Waals surface area contributed by atoms with E-state index in [1.807, 2.05) is 0 Å². The lowest BCUT2D eigenvalue weighted by Gasteiger charge is -2.27. The molecule has 0 bridgehead atoms. The Morgan fingerprint density at radius 3 is 3.00 bits per heavy atom. The molecule has 2 heterocycles. The van der Waals surface area contributed by atoms with E-state index in [1.165, 1.54) is 6.20 Å². The fourth-order valence-electron chi connectivity index (χ4n) is 2.12. The van der Waals surface area contributed by atoms with Gasteiger partial charge in [0.1, 0.15) is 18.2 Å². The fraction of sp³-hybridized carbons (Fsp3) is 0.133. The molecule has 1 aliphatic rings. The Kier molecular flexibility index (Phi) is 3.88. The van der Waals surface area contributed by atoms with Crippen LogP contribution in [0.3, 0.4) is 0 Å². The molecule has 0 radical (unpaired) electrons. The maximum atomic E-state index is 13.5. The number of anilines is 2. The number of nitrogens with zero attached hydrogens (tertiary/aromatic N) is 2. The molecular formula is C15H11F2N3O3. The van der Waals surface area contributed by atoms with Crippen LogP contribution in [0.15, 0.2) is 36.5 Å². The average Bonchev–Trinajstić information content (AvgIpc) is 2.54. The van der Waals surface area contributed by atoms with Gasteiger partial charge in [0, 0.05) is 12.3 Å². The van der Waals surface area contributed by atoms with Gasteiger partial charge in [0.15, 0.2) is 18.2 Å². The number of aromatic nitrogens is 1. The topological polar surface area (TPSA) is 71.5 Å². The highest BCUT2D eigenvalue weighted by Crippen LogP contribution is 2.28. The number of pyridine rings is 1. The zero-order chi connectivity index (χ0) is 16.4. The van der Waals surface area contributed by atoms with Gasteiger partial charge < -0.3 is 10.1 Å². The summed E-state index contributed by atoms with van der Waals surface area (Å²) in [6.07, 6.45) is 1.46. The number of rotatable bonds is 3. The van der Waals surface area contributed by atoms with Crippen LogP contribution in [0.1, 0.15) is 0 Å². The first kappa shape index (κ1) is 14.9. The number of hydrogen-bond acceptors (Lipinski definition) is 4. The third-order valence-electron chi connectivity index (χ3n) is 3.16. The van der Waals surface area contributed by atoms with Crippen molar-refractivity contribution in [3.05, 3.63) is 48.2 Å². The van der Waals surface area contributed by atoms with E-state index in [-0.39, 0.29) is 24.7 Å². The highest BCUT2D eigenvalue weighted by atomic mass is 19.1. The van der Waals surface area contributed by atoms with E-state index in [1.54, 1.807) is 12.1 Å². The maximum Gasteiger partial charge on any atom is 0.266 e. The molecule has 0 aliphatic carbocycles. The molecule has 0 atom stereocenters. The molecule has 1 N–H and O–H groups in total. The van der Waals surface area contributed by atoms with E-state index in [9.17, 15) is 18.4 Å². The summed E-state index contributed by atoms with van der Waals surface area (Å²) in [6.45, 7) is -0.609. The van der Waals surface area contributed by atoms with Gasteiger partial charge >= 0.3 is 0 Å². The molecule has 23 heavy (non-hydrogen) atoms. The number of hydrogen-bond donors (Lipinski definition) is 1. The lowest BCUT2D eigenvalue weighted by Crippen LogP contribution is -2.44. The smallest absolute Gasteiger partial charge is 0.266 e. The van der Waals surface area contributed by atoms with E-state index in [2.05, 4.69) is 10.3 Å². The number of ether oxygens (including phenoxy) is 1. The molecule has 8 heteroatoms. The van der Waals surface area contributed by atoms with Gasteiger partial charge in [-0.3, -0.25) is 14.5 Å². The van der Waals surface area contributed by atoms with Crippen molar-refractivity contribution in [2.24, 2.45) is 0 Å². The minimum absolute atomic E-state index is 0.207. The monoisotopic (exact) mass is 319 g/mol. The second-order valence-corrected chi connectivity index (χ2v) is 4.77. The van der Waals surface area contributed by atoms with E-state index >= 15 is 0 Å².